The average molecular weight is 467 g/mol. The number of anilines is 1. The number of amides is 1. The van der Waals surface area contributed by atoms with Crippen LogP contribution >= 0.6 is 0 Å². The van der Waals surface area contributed by atoms with Crippen LogP contribution < -0.4 is 4.90 Å². The molecule has 0 atom stereocenters. The van der Waals surface area contributed by atoms with Gasteiger partial charge in [0.15, 0.2) is 5.65 Å². The number of hydrogen-bond donors (Lipinski definition) is 0. The van der Waals surface area contributed by atoms with Gasteiger partial charge in [-0.3, -0.25) is 4.79 Å². The van der Waals surface area contributed by atoms with Crippen LogP contribution in [0.2, 0.25) is 0 Å². The van der Waals surface area contributed by atoms with Crippen LogP contribution in [0.1, 0.15) is 58.5 Å². The number of unbranched alkanes of at least 4 members (excludes halogenated alkanes) is 1. The number of piperazine rings is 1. The molecule has 0 saturated carbocycles. The first-order valence-electron chi connectivity index (χ1n) is 12.2. The van der Waals surface area contributed by atoms with Crippen molar-refractivity contribution in [3.63, 3.8) is 0 Å². The second-order valence-corrected chi connectivity index (χ2v) is 10.3. The van der Waals surface area contributed by atoms with Crippen LogP contribution in [0.3, 0.4) is 0 Å². The van der Waals surface area contributed by atoms with E-state index in [9.17, 15) is 9.18 Å². The third-order valence-electron chi connectivity index (χ3n) is 6.17. The summed E-state index contributed by atoms with van der Waals surface area (Å²) in [7, 11) is 0. The molecule has 1 saturated heterocycles. The third kappa shape index (κ3) is 5.21. The highest BCUT2D eigenvalue weighted by atomic mass is 19.1. The van der Waals surface area contributed by atoms with E-state index in [1.165, 1.54) is 12.1 Å². The van der Waals surface area contributed by atoms with E-state index in [4.69, 9.17) is 15.1 Å². The lowest BCUT2D eigenvalue weighted by Gasteiger charge is -2.36. The van der Waals surface area contributed by atoms with Crippen molar-refractivity contribution in [3.05, 3.63) is 41.6 Å². The summed E-state index contributed by atoms with van der Waals surface area (Å²) in [4.78, 5) is 26.8. The van der Waals surface area contributed by atoms with Crippen molar-refractivity contribution in [3.8, 4) is 5.69 Å². The van der Waals surface area contributed by atoms with E-state index in [2.05, 4.69) is 32.6 Å². The molecule has 0 radical (unpaired) electrons. The number of aryl methyl sites for hydroxylation is 2. The summed E-state index contributed by atoms with van der Waals surface area (Å²) in [6.45, 7) is 13.2. The molecule has 0 unspecified atom stereocenters. The predicted molar refractivity (Wildman–Crippen MR) is 133 cm³/mol. The smallest absolute Gasteiger partial charge is 0.223 e. The molecule has 3 heterocycles. The summed E-state index contributed by atoms with van der Waals surface area (Å²) in [5, 5.41) is 5.67. The van der Waals surface area contributed by atoms with Gasteiger partial charge in [0.2, 0.25) is 5.91 Å². The molecule has 1 aromatic carbocycles. The zero-order chi connectivity index (χ0) is 24.5. The van der Waals surface area contributed by atoms with E-state index in [0.717, 1.165) is 66.4 Å². The van der Waals surface area contributed by atoms with Crippen molar-refractivity contribution in [2.24, 2.45) is 5.41 Å². The van der Waals surface area contributed by atoms with Gasteiger partial charge < -0.3 is 9.80 Å². The quantitative estimate of drug-likeness (QED) is 0.527. The maximum Gasteiger partial charge on any atom is 0.223 e. The minimum absolute atomic E-state index is 0.0206. The van der Waals surface area contributed by atoms with Crippen molar-refractivity contribution in [2.45, 2.75) is 60.3 Å². The lowest BCUT2D eigenvalue weighted by atomic mass is 9.91. The van der Waals surface area contributed by atoms with E-state index in [1.807, 2.05) is 11.8 Å². The molecule has 34 heavy (non-hydrogen) atoms. The Balaban J connectivity index is 1.68. The van der Waals surface area contributed by atoms with Gasteiger partial charge in [-0.05, 0) is 43.0 Å². The second-order valence-electron chi connectivity index (χ2n) is 10.3. The highest BCUT2D eigenvalue weighted by molar-refractivity contribution is 5.91. The topological polar surface area (TPSA) is 67.2 Å². The fraction of sp³-hybridized carbons (Fsp3) is 0.538. The van der Waals surface area contributed by atoms with Crippen LogP contribution in [0.5, 0.6) is 0 Å². The molecule has 1 aliphatic rings. The van der Waals surface area contributed by atoms with E-state index in [0.29, 0.717) is 19.5 Å². The Morgan fingerprint density at radius 3 is 2.35 bits per heavy atom. The van der Waals surface area contributed by atoms with Crippen molar-refractivity contribution >= 4 is 22.8 Å². The SMILES string of the molecule is CCCCc1nc(N2CCN(C(=O)CC(C)(C)C)CC2)c2c(C)nn(-c3ccc(F)cc3)c2n1. The summed E-state index contributed by atoms with van der Waals surface area (Å²) in [6.07, 6.45) is 3.40. The largest absolute Gasteiger partial charge is 0.352 e. The van der Waals surface area contributed by atoms with Gasteiger partial charge in [0, 0.05) is 39.0 Å². The first-order chi connectivity index (χ1) is 16.2. The van der Waals surface area contributed by atoms with Crippen molar-refractivity contribution in [1.29, 1.82) is 0 Å². The average Bonchev–Trinajstić information content (AvgIpc) is 3.13. The highest BCUT2D eigenvalue weighted by Crippen LogP contribution is 2.30. The fourth-order valence-corrected chi connectivity index (χ4v) is 4.38. The van der Waals surface area contributed by atoms with Crippen LogP contribution in [0.4, 0.5) is 10.2 Å². The first kappa shape index (κ1) is 24.1. The molecular formula is C26H35FN6O. The van der Waals surface area contributed by atoms with Crippen LogP contribution in [0, 0.1) is 18.2 Å². The molecule has 2 aromatic heterocycles. The van der Waals surface area contributed by atoms with Crippen molar-refractivity contribution in [2.75, 3.05) is 31.1 Å². The van der Waals surface area contributed by atoms with Gasteiger partial charge in [0.1, 0.15) is 17.5 Å². The molecule has 1 fully saturated rings. The first-order valence-corrected chi connectivity index (χ1v) is 12.2. The standard InChI is InChI=1S/C26H35FN6O/c1-6-7-8-21-28-24(32-15-13-31(14-16-32)22(34)17-26(3,4)5)23-18(2)30-33(25(23)29-21)20-11-9-19(27)10-12-20/h9-12H,6-8,13-17H2,1-5H3. The number of aromatic nitrogens is 4. The summed E-state index contributed by atoms with van der Waals surface area (Å²) in [5.41, 5.74) is 2.32. The summed E-state index contributed by atoms with van der Waals surface area (Å²) in [6, 6.07) is 6.31. The number of carbonyl (C=O) groups excluding carboxylic acids is 1. The van der Waals surface area contributed by atoms with E-state index >= 15 is 0 Å². The molecular weight excluding hydrogens is 431 g/mol. The Bertz CT molecular complexity index is 1160. The molecule has 8 heteroatoms. The zero-order valence-electron chi connectivity index (χ0n) is 20.9. The molecule has 0 bridgehead atoms. The Morgan fingerprint density at radius 1 is 1.06 bits per heavy atom. The monoisotopic (exact) mass is 466 g/mol. The summed E-state index contributed by atoms with van der Waals surface area (Å²) < 4.78 is 15.3. The minimum Gasteiger partial charge on any atom is -0.352 e. The van der Waals surface area contributed by atoms with Crippen molar-refractivity contribution < 1.29 is 9.18 Å². The lowest BCUT2D eigenvalue weighted by molar-refractivity contribution is -0.133. The van der Waals surface area contributed by atoms with Crippen molar-refractivity contribution in [1.82, 2.24) is 24.6 Å². The van der Waals surface area contributed by atoms with E-state index in [-0.39, 0.29) is 17.1 Å². The second kappa shape index (κ2) is 9.68. The molecule has 0 N–H and O–H groups in total. The Hall–Kier alpha value is -3.03. The maximum atomic E-state index is 13.5. The Kier molecular flexibility index (Phi) is 6.86. The summed E-state index contributed by atoms with van der Waals surface area (Å²) >= 11 is 0. The number of benzene rings is 1. The zero-order valence-corrected chi connectivity index (χ0v) is 20.9. The molecule has 0 spiro atoms. The minimum atomic E-state index is -0.283. The maximum absolute atomic E-state index is 13.5. The summed E-state index contributed by atoms with van der Waals surface area (Å²) in [5.74, 6) is 1.60. The predicted octanol–water partition coefficient (Wildman–Crippen LogP) is 4.69. The fourth-order valence-electron chi connectivity index (χ4n) is 4.38. The number of hydrogen-bond acceptors (Lipinski definition) is 5. The molecule has 7 nitrogen and oxygen atoms in total. The van der Waals surface area contributed by atoms with Gasteiger partial charge in [-0.2, -0.15) is 5.10 Å². The molecule has 1 aliphatic heterocycles. The van der Waals surface area contributed by atoms with Gasteiger partial charge >= 0.3 is 0 Å². The van der Waals surface area contributed by atoms with Crippen LogP contribution in [0.25, 0.3) is 16.7 Å². The van der Waals surface area contributed by atoms with Crippen LogP contribution in [-0.2, 0) is 11.2 Å². The van der Waals surface area contributed by atoms with Gasteiger partial charge in [-0.25, -0.2) is 19.0 Å². The van der Waals surface area contributed by atoms with Gasteiger partial charge in [0.05, 0.1) is 16.8 Å². The normalized spacial score (nSPS) is 14.8. The van der Waals surface area contributed by atoms with Crippen LogP contribution in [0.15, 0.2) is 24.3 Å². The number of fused-ring (bicyclic) bond motifs is 1. The molecule has 0 aliphatic carbocycles. The molecule has 4 rings (SSSR count). The number of carbonyl (C=O) groups is 1. The van der Waals surface area contributed by atoms with E-state index < -0.39 is 0 Å². The molecule has 3 aromatic rings. The van der Waals surface area contributed by atoms with Gasteiger partial charge in [0.25, 0.3) is 0 Å². The third-order valence-corrected chi connectivity index (χ3v) is 6.17. The Labute approximate surface area is 201 Å². The number of rotatable bonds is 6. The molecule has 182 valence electrons. The molecule has 1 amide bonds. The lowest BCUT2D eigenvalue weighted by Crippen LogP contribution is -2.49. The van der Waals surface area contributed by atoms with Gasteiger partial charge in [-0.1, -0.05) is 34.1 Å². The Morgan fingerprint density at radius 2 is 1.74 bits per heavy atom. The van der Waals surface area contributed by atoms with Crippen LogP contribution in [-0.4, -0.2) is 56.7 Å². The van der Waals surface area contributed by atoms with Gasteiger partial charge in [-0.15, -0.1) is 0 Å². The number of nitrogens with zero attached hydrogens (tertiary/aromatic N) is 6. The highest BCUT2D eigenvalue weighted by Gasteiger charge is 2.28. The number of halogens is 1. The van der Waals surface area contributed by atoms with E-state index in [1.54, 1.807) is 16.8 Å².